The molecule has 0 atom stereocenters. The number of para-hydroxylation sites is 2. The van der Waals surface area contributed by atoms with Crippen LogP contribution in [0.5, 0.6) is 0 Å². The van der Waals surface area contributed by atoms with Crippen LogP contribution in [0.25, 0.3) is 21.0 Å². The van der Waals surface area contributed by atoms with Gasteiger partial charge < -0.3 is 10.6 Å². The quantitative estimate of drug-likeness (QED) is 0.335. The van der Waals surface area contributed by atoms with Gasteiger partial charge in [0.2, 0.25) is 0 Å². The molecule has 2 heterocycles. The number of halogens is 1. The van der Waals surface area contributed by atoms with E-state index in [9.17, 15) is 4.79 Å². The average Bonchev–Trinajstić information content (AvgIpc) is 3.40. The summed E-state index contributed by atoms with van der Waals surface area (Å²) in [6.07, 6.45) is 2.43. The molecule has 1 fully saturated rings. The lowest BCUT2D eigenvalue weighted by Crippen LogP contribution is -2.25. The molecular formula is C22H18IN3OS. The molecule has 6 heteroatoms. The van der Waals surface area contributed by atoms with Crippen LogP contribution in [-0.2, 0) is 0 Å². The molecule has 1 aliphatic carbocycles. The highest BCUT2D eigenvalue weighted by molar-refractivity contribution is 14.1. The maximum absolute atomic E-state index is 12.8. The van der Waals surface area contributed by atoms with Gasteiger partial charge in [-0.3, -0.25) is 4.79 Å². The standard InChI is InChI=1S/C22H18IN3OS/c23-17-6-1-2-7-18(17)25-21-20-15(10-11-28-20)14-4-3-5-16(19(14)26-21)22(27)24-12-13-8-9-13/h1-7,10-11,13H,8-9,12H2,(H,24,27)(H,25,26). The maximum Gasteiger partial charge on any atom is 0.253 e. The molecule has 0 radical (unpaired) electrons. The summed E-state index contributed by atoms with van der Waals surface area (Å²) in [6.45, 7) is 0.753. The number of hydrogen-bond donors (Lipinski definition) is 2. The molecule has 2 aromatic heterocycles. The molecule has 2 aromatic carbocycles. The van der Waals surface area contributed by atoms with Crippen LogP contribution in [0.15, 0.2) is 53.9 Å². The molecule has 2 N–H and O–H groups in total. The minimum atomic E-state index is -0.0418. The first-order valence-corrected chi connectivity index (χ1v) is 11.3. The maximum atomic E-state index is 12.8. The van der Waals surface area contributed by atoms with Gasteiger partial charge in [-0.15, -0.1) is 11.3 Å². The predicted octanol–water partition coefficient (Wildman–Crippen LogP) is 5.94. The van der Waals surface area contributed by atoms with E-state index in [0.29, 0.717) is 11.5 Å². The van der Waals surface area contributed by atoms with Crippen molar-refractivity contribution in [3.8, 4) is 0 Å². The molecule has 0 unspecified atom stereocenters. The zero-order valence-corrected chi connectivity index (χ0v) is 18.0. The van der Waals surface area contributed by atoms with Crippen molar-refractivity contribution in [1.82, 2.24) is 10.3 Å². The largest absolute Gasteiger partial charge is 0.352 e. The third-order valence-corrected chi connectivity index (χ3v) is 6.91. The van der Waals surface area contributed by atoms with E-state index in [0.717, 1.165) is 42.6 Å². The lowest BCUT2D eigenvalue weighted by Gasteiger charge is -2.13. The minimum Gasteiger partial charge on any atom is -0.352 e. The monoisotopic (exact) mass is 499 g/mol. The van der Waals surface area contributed by atoms with Gasteiger partial charge in [0, 0.05) is 20.9 Å². The first-order valence-electron chi connectivity index (χ1n) is 9.30. The second kappa shape index (κ2) is 7.33. The molecule has 1 saturated carbocycles. The number of amides is 1. The van der Waals surface area contributed by atoms with E-state index >= 15 is 0 Å². The molecule has 0 spiro atoms. The zero-order valence-electron chi connectivity index (χ0n) is 15.0. The number of nitrogens with one attached hydrogen (secondary N) is 2. The Labute approximate surface area is 180 Å². The van der Waals surface area contributed by atoms with Gasteiger partial charge in [-0.05, 0) is 71.0 Å². The number of anilines is 2. The van der Waals surface area contributed by atoms with Gasteiger partial charge in [-0.2, -0.15) is 0 Å². The lowest BCUT2D eigenvalue weighted by molar-refractivity contribution is 0.0953. The van der Waals surface area contributed by atoms with Crippen molar-refractivity contribution in [2.24, 2.45) is 5.92 Å². The Balaban J connectivity index is 1.63. The minimum absolute atomic E-state index is 0.0418. The Kier molecular flexibility index (Phi) is 4.68. The van der Waals surface area contributed by atoms with E-state index in [1.807, 2.05) is 36.4 Å². The summed E-state index contributed by atoms with van der Waals surface area (Å²) in [5.74, 6) is 1.40. The Hall–Kier alpha value is -2.19. The summed E-state index contributed by atoms with van der Waals surface area (Å²) < 4.78 is 2.23. The van der Waals surface area contributed by atoms with Crippen molar-refractivity contribution >= 4 is 72.3 Å². The van der Waals surface area contributed by atoms with Gasteiger partial charge in [0.15, 0.2) is 0 Å². The summed E-state index contributed by atoms with van der Waals surface area (Å²) in [5, 5.41) is 10.8. The number of benzene rings is 2. The fraction of sp³-hybridized carbons (Fsp3) is 0.182. The van der Waals surface area contributed by atoms with Crippen molar-refractivity contribution in [2.45, 2.75) is 12.8 Å². The zero-order chi connectivity index (χ0) is 19.1. The van der Waals surface area contributed by atoms with Crippen LogP contribution < -0.4 is 10.6 Å². The van der Waals surface area contributed by atoms with E-state index in [2.05, 4.69) is 50.7 Å². The number of thiophene rings is 1. The van der Waals surface area contributed by atoms with E-state index in [-0.39, 0.29) is 5.91 Å². The molecular weight excluding hydrogens is 481 g/mol. The Morgan fingerprint density at radius 3 is 2.79 bits per heavy atom. The summed E-state index contributed by atoms with van der Waals surface area (Å²) >= 11 is 3.98. The van der Waals surface area contributed by atoms with E-state index in [1.54, 1.807) is 11.3 Å². The van der Waals surface area contributed by atoms with Crippen LogP contribution in [0.1, 0.15) is 23.2 Å². The first-order chi connectivity index (χ1) is 13.7. The molecule has 1 amide bonds. The first kappa shape index (κ1) is 17.9. The fourth-order valence-corrected chi connectivity index (χ4v) is 4.74. The van der Waals surface area contributed by atoms with Gasteiger partial charge in [0.05, 0.1) is 21.5 Å². The Morgan fingerprint density at radius 1 is 1.11 bits per heavy atom. The fourth-order valence-electron chi connectivity index (χ4n) is 3.36. The van der Waals surface area contributed by atoms with Crippen molar-refractivity contribution < 1.29 is 4.79 Å². The van der Waals surface area contributed by atoms with Crippen molar-refractivity contribution in [3.05, 3.63) is 63.0 Å². The van der Waals surface area contributed by atoms with Crippen LogP contribution in [0.2, 0.25) is 0 Å². The van der Waals surface area contributed by atoms with Crippen LogP contribution in [-0.4, -0.2) is 17.4 Å². The SMILES string of the molecule is O=C(NCC1CC1)c1cccc2c1nc(Nc1ccccc1I)c1sccc12. The van der Waals surface area contributed by atoms with Crippen molar-refractivity contribution in [3.63, 3.8) is 0 Å². The topological polar surface area (TPSA) is 54.0 Å². The third kappa shape index (κ3) is 3.35. The molecule has 0 aliphatic heterocycles. The molecule has 0 bridgehead atoms. The Morgan fingerprint density at radius 2 is 1.96 bits per heavy atom. The number of nitrogens with zero attached hydrogens (tertiary/aromatic N) is 1. The van der Waals surface area contributed by atoms with Gasteiger partial charge in [0.25, 0.3) is 5.91 Å². The number of rotatable bonds is 5. The van der Waals surface area contributed by atoms with Gasteiger partial charge in [-0.1, -0.05) is 24.3 Å². The number of carbonyl (C=O) groups is 1. The second-order valence-corrected chi connectivity index (χ2v) is 9.16. The van der Waals surface area contributed by atoms with Crippen molar-refractivity contribution in [1.29, 1.82) is 0 Å². The molecule has 4 aromatic rings. The van der Waals surface area contributed by atoms with E-state index < -0.39 is 0 Å². The molecule has 28 heavy (non-hydrogen) atoms. The summed E-state index contributed by atoms with van der Waals surface area (Å²) in [6, 6.07) is 16.1. The van der Waals surface area contributed by atoms with Gasteiger partial charge in [-0.25, -0.2) is 4.98 Å². The smallest absolute Gasteiger partial charge is 0.253 e. The van der Waals surface area contributed by atoms with E-state index in [1.165, 1.54) is 12.8 Å². The second-order valence-electron chi connectivity index (χ2n) is 7.08. The van der Waals surface area contributed by atoms with E-state index in [4.69, 9.17) is 4.98 Å². The number of carbonyl (C=O) groups excluding carboxylic acids is 1. The predicted molar refractivity (Wildman–Crippen MR) is 125 cm³/mol. The van der Waals surface area contributed by atoms with Gasteiger partial charge in [0.1, 0.15) is 5.82 Å². The highest BCUT2D eigenvalue weighted by Crippen LogP contribution is 2.36. The van der Waals surface area contributed by atoms with Crippen LogP contribution in [0, 0.1) is 9.49 Å². The van der Waals surface area contributed by atoms with Crippen LogP contribution in [0.3, 0.4) is 0 Å². The average molecular weight is 499 g/mol. The summed E-state index contributed by atoms with van der Waals surface area (Å²) in [4.78, 5) is 17.7. The lowest BCUT2D eigenvalue weighted by atomic mass is 10.1. The molecule has 140 valence electrons. The molecule has 5 rings (SSSR count). The number of hydrogen-bond acceptors (Lipinski definition) is 4. The highest BCUT2D eigenvalue weighted by atomic mass is 127. The highest BCUT2D eigenvalue weighted by Gasteiger charge is 2.23. The van der Waals surface area contributed by atoms with Crippen molar-refractivity contribution in [2.75, 3.05) is 11.9 Å². The molecule has 4 nitrogen and oxygen atoms in total. The third-order valence-electron chi connectivity index (χ3n) is 5.05. The van der Waals surface area contributed by atoms with Crippen LogP contribution >= 0.6 is 33.9 Å². The Bertz CT molecular complexity index is 1200. The number of fused-ring (bicyclic) bond motifs is 3. The van der Waals surface area contributed by atoms with Crippen LogP contribution in [0.4, 0.5) is 11.5 Å². The number of pyridine rings is 1. The molecule has 0 saturated heterocycles. The van der Waals surface area contributed by atoms with Gasteiger partial charge >= 0.3 is 0 Å². The number of aromatic nitrogens is 1. The summed E-state index contributed by atoms with van der Waals surface area (Å²) in [7, 11) is 0. The normalized spacial score (nSPS) is 13.8. The summed E-state index contributed by atoms with van der Waals surface area (Å²) in [5.41, 5.74) is 2.40. The molecule has 1 aliphatic rings.